The van der Waals surface area contributed by atoms with Crippen LogP contribution in [0.1, 0.15) is 29.9 Å². The molecule has 0 spiro atoms. The molecule has 0 aliphatic heterocycles. The average Bonchev–Trinajstić information content (AvgIpc) is 2.83. The second-order valence-corrected chi connectivity index (χ2v) is 4.29. The van der Waals surface area contributed by atoms with Crippen molar-refractivity contribution >= 4 is 5.69 Å². The minimum absolute atomic E-state index is 0.0748. The molecular formula is C14H17NO2. The van der Waals surface area contributed by atoms with Crippen molar-refractivity contribution < 1.29 is 9.52 Å². The molecular weight excluding hydrogens is 214 g/mol. The predicted molar refractivity (Wildman–Crippen MR) is 68.3 cm³/mol. The first-order chi connectivity index (χ1) is 8.09. The van der Waals surface area contributed by atoms with Crippen LogP contribution in [0.15, 0.2) is 34.9 Å². The lowest BCUT2D eigenvalue weighted by Crippen LogP contribution is -2.06. The number of rotatable bonds is 3. The van der Waals surface area contributed by atoms with E-state index in [-0.39, 0.29) is 6.04 Å². The molecule has 0 aliphatic rings. The SMILES string of the molecule is Cc1ccc(NC(C)c2ccco2)c(C)c1O. The molecule has 1 unspecified atom stereocenters. The Kier molecular flexibility index (Phi) is 3.09. The topological polar surface area (TPSA) is 45.4 Å². The van der Waals surface area contributed by atoms with E-state index in [0.29, 0.717) is 5.75 Å². The summed E-state index contributed by atoms with van der Waals surface area (Å²) in [5, 5.41) is 13.2. The van der Waals surface area contributed by atoms with Crippen LogP contribution in [0, 0.1) is 13.8 Å². The molecule has 1 atom stereocenters. The number of anilines is 1. The van der Waals surface area contributed by atoms with Gasteiger partial charge in [0.25, 0.3) is 0 Å². The molecule has 3 nitrogen and oxygen atoms in total. The van der Waals surface area contributed by atoms with Gasteiger partial charge in [0.15, 0.2) is 0 Å². The van der Waals surface area contributed by atoms with Crippen LogP contribution in [0.2, 0.25) is 0 Å². The number of hydrogen-bond acceptors (Lipinski definition) is 3. The van der Waals surface area contributed by atoms with Gasteiger partial charge in [-0.15, -0.1) is 0 Å². The lowest BCUT2D eigenvalue weighted by molar-refractivity contribution is 0.466. The minimum atomic E-state index is 0.0748. The molecule has 17 heavy (non-hydrogen) atoms. The first-order valence-corrected chi connectivity index (χ1v) is 5.68. The number of benzene rings is 1. The molecule has 0 radical (unpaired) electrons. The van der Waals surface area contributed by atoms with Crippen molar-refractivity contribution in [1.29, 1.82) is 0 Å². The molecule has 0 aliphatic carbocycles. The van der Waals surface area contributed by atoms with Gasteiger partial charge in [-0.05, 0) is 44.5 Å². The highest BCUT2D eigenvalue weighted by molar-refractivity contribution is 5.59. The van der Waals surface area contributed by atoms with Crippen molar-refractivity contribution in [3.63, 3.8) is 0 Å². The zero-order valence-corrected chi connectivity index (χ0v) is 10.3. The Morgan fingerprint density at radius 3 is 2.65 bits per heavy atom. The summed E-state index contributed by atoms with van der Waals surface area (Å²) in [7, 11) is 0. The highest BCUT2D eigenvalue weighted by Gasteiger charge is 2.11. The molecule has 2 rings (SSSR count). The van der Waals surface area contributed by atoms with Crippen LogP contribution in [-0.2, 0) is 0 Å². The van der Waals surface area contributed by atoms with Crippen LogP contribution in [0.4, 0.5) is 5.69 Å². The van der Waals surface area contributed by atoms with Gasteiger partial charge < -0.3 is 14.8 Å². The first-order valence-electron chi connectivity index (χ1n) is 5.68. The lowest BCUT2D eigenvalue weighted by atomic mass is 10.1. The maximum absolute atomic E-state index is 9.87. The summed E-state index contributed by atoms with van der Waals surface area (Å²) >= 11 is 0. The Bertz CT molecular complexity index is 503. The molecule has 0 bridgehead atoms. The Morgan fingerprint density at radius 1 is 1.24 bits per heavy atom. The van der Waals surface area contributed by atoms with E-state index < -0.39 is 0 Å². The number of hydrogen-bond donors (Lipinski definition) is 2. The van der Waals surface area contributed by atoms with Gasteiger partial charge in [0, 0.05) is 11.3 Å². The highest BCUT2D eigenvalue weighted by atomic mass is 16.3. The van der Waals surface area contributed by atoms with E-state index in [1.165, 1.54) is 0 Å². The molecule has 0 fully saturated rings. The van der Waals surface area contributed by atoms with Crippen molar-refractivity contribution in [2.24, 2.45) is 0 Å². The Labute approximate surface area is 101 Å². The van der Waals surface area contributed by atoms with E-state index in [2.05, 4.69) is 5.32 Å². The Balaban J connectivity index is 2.22. The van der Waals surface area contributed by atoms with Gasteiger partial charge in [-0.1, -0.05) is 6.07 Å². The third kappa shape index (κ3) is 2.28. The molecule has 2 N–H and O–H groups in total. The summed E-state index contributed by atoms with van der Waals surface area (Å²) in [6.45, 7) is 5.82. The number of aryl methyl sites for hydroxylation is 1. The van der Waals surface area contributed by atoms with Crippen LogP contribution in [0.3, 0.4) is 0 Å². The Morgan fingerprint density at radius 2 is 2.00 bits per heavy atom. The van der Waals surface area contributed by atoms with Crippen molar-refractivity contribution in [2.45, 2.75) is 26.8 Å². The smallest absolute Gasteiger partial charge is 0.125 e. The largest absolute Gasteiger partial charge is 0.507 e. The molecule has 0 saturated carbocycles. The molecule has 0 amide bonds. The van der Waals surface area contributed by atoms with Gasteiger partial charge in [0.2, 0.25) is 0 Å². The van der Waals surface area contributed by atoms with Gasteiger partial charge in [-0.3, -0.25) is 0 Å². The molecule has 1 heterocycles. The summed E-state index contributed by atoms with van der Waals surface area (Å²) in [4.78, 5) is 0. The number of furan rings is 1. The molecule has 90 valence electrons. The summed E-state index contributed by atoms with van der Waals surface area (Å²) in [6, 6.07) is 7.75. The molecule has 1 aromatic carbocycles. The van der Waals surface area contributed by atoms with Crippen LogP contribution < -0.4 is 5.32 Å². The van der Waals surface area contributed by atoms with E-state index >= 15 is 0 Å². The average molecular weight is 231 g/mol. The second-order valence-electron chi connectivity index (χ2n) is 4.29. The van der Waals surface area contributed by atoms with Crippen LogP contribution in [0.5, 0.6) is 5.75 Å². The zero-order chi connectivity index (χ0) is 12.4. The van der Waals surface area contributed by atoms with E-state index in [1.807, 2.05) is 45.0 Å². The minimum Gasteiger partial charge on any atom is -0.507 e. The summed E-state index contributed by atoms with van der Waals surface area (Å²) in [6.07, 6.45) is 1.66. The zero-order valence-electron chi connectivity index (χ0n) is 10.3. The third-order valence-corrected chi connectivity index (χ3v) is 2.97. The van der Waals surface area contributed by atoms with E-state index in [1.54, 1.807) is 6.26 Å². The summed E-state index contributed by atoms with van der Waals surface area (Å²) in [5.41, 5.74) is 2.68. The van der Waals surface area contributed by atoms with Gasteiger partial charge >= 0.3 is 0 Å². The van der Waals surface area contributed by atoms with Crippen molar-refractivity contribution in [2.75, 3.05) is 5.32 Å². The third-order valence-electron chi connectivity index (χ3n) is 2.97. The van der Waals surface area contributed by atoms with Crippen molar-refractivity contribution in [3.05, 3.63) is 47.4 Å². The Hall–Kier alpha value is -1.90. The fourth-order valence-electron chi connectivity index (χ4n) is 1.83. The van der Waals surface area contributed by atoms with E-state index in [0.717, 1.165) is 22.6 Å². The maximum Gasteiger partial charge on any atom is 0.125 e. The first kappa shape index (κ1) is 11.6. The van der Waals surface area contributed by atoms with Gasteiger partial charge in [0.05, 0.1) is 12.3 Å². The number of aromatic hydroxyl groups is 1. The van der Waals surface area contributed by atoms with Crippen LogP contribution in [-0.4, -0.2) is 5.11 Å². The van der Waals surface area contributed by atoms with Gasteiger partial charge in [-0.25, -0.2) is 0 Å². The van der Waals surface area contributed by atoms with E-state index in [9.17, 15) is 5.11 Å². The highest BCUT2D eigenvalue weighted by Crippen LogP contribution is 2.30. The fourth-order valence-corrected chi connectivity index (χ4v) is 1.83. The normalized spacial score (nSPS) is 12.4. The summed E-state index contributed by atoms with van der Waals surface area (Å²) < 4.78 is 5.34. The van der Waals surface area contributed by atoms with E-state index in [4.69, 9.17) is 4.42 Å². The number of phenolic OH excluding ortho intramolecular Hbond substituents is 1. The van der Waals surface area contributed by atoms with Crippen molar-refractivity contribution in [3.8, 4) is 5.75 Å². The van der Waals surface area contributed by atoms with Gasteiger partial charge in [-0.2, -0.15) is 0 Å². The van der Waals surface area contributed by atoms with Crippen molar-refractivity contribution in [1.82, 2.24) is 0 Å². The summed E-state index contributed by atoms with van der Waals surface area (Å²) in [5.74, 6) is 1.23. The monoisotopic (exact) mass is 231 g/mol. The number of phenols is 1. The van der Waals surface area contributed by atoms with Crippen LogP contribution in [0.25, 0.3) is 0 Å². The lowest BCUT2D eigenvalue weighted by Gasteiger charge is -2.16. The molecule has 1 aromatic heterocycles. The molecule has 0 saturated heterocycles. The quantitative estimate of drug-likeness (QED) is 0.845. The van der Waals surface area contributed by atoms with Gasteiger partial charge in [0.1, 0.15) is 11.5 Å². The fraction of sp³-hybridized carbons (Fsp3) is 0.286. The number of nitrogens with one attached hydrogen (secondary N) is 1. The molecule has 2 aromatic rings. The second kappa shape index (κ2) is 4.53. The predicted octanol–water partition coefficient (Wildman–Crippen LogP) is 3.78. The maximum atomic E-state index is 9.87. The van der Waals surface area contributed by atoms with Crippen LogP contribution >= 0.6 is 0 Å². The molecule has 3 heteroatoms. The standard InChI is InChI=1S/C14H17NO2/c1-9-6-7-12(10(2)14(9)16)15-11(3)13-5-4-8-17-13/h4-8,11,15-16H,1-3H3.